The van der Waals surface area contributed by atoms with E-state index in [2.05, 4.69) is 6.58 Å². The van der Waals surface area contributed by atoms with Crippen LogP contribution in [0.3, 0.4) is 0 Å². The average molecular weight is 226 g/mol. The average Bonchev–Trinajstić information content (AvgIpc) is 3.07. The van der Waals surface area contributed by atoms with E-state index in [1.807, 2.05) is 0 Å². The van der Waals surface area contributed by atoms with Crippen molar-refractivity contribution >= 4 is 5.97 Å². The predicted molar refractivity (Wildman–Crippen MR) is 57.9 cm³/mol. The van der Waals surface area contributed by atoms with Crippen LogP contribution in [-0.2, 0) is 14.3 Å². The van der Waals surface area contributed by atoms with Crippen LogP contribution < -0.4 is 0 Å². The Balaban J connectivity index is 2.05. The molecule has 1 aliphatic heterocycles. The van der Waals surface area contributed by atoms with E-state index in [1.54, 1.807) is 6.08 Å². The molecule has 4 heteroatoms. The molecule has 0 aromatic heterocycles. The van der Waals surface area contributed by atoms with Gasteiger partial charge in [-0.25, -0.2) is 0 Å². The summed E-state index contributed by atoms with van der Waals surface area (Å²) in [5, 5.41) is 9.19. The molecule has 16 heavy (non-hydrogen) atoms. The number of carboxylic acid groups (broad SMARTS) is 1. The maximum absolute atomic E-state index is 11.2. The van der Waals surface area contributed by atoms with Gasteiger partial charge in [-0.1, -0.05) is 18.9 Å². The van der Waals surface area contributed by atoms with E-state index in [0.29, 0.717) is 13.2 Å². The molecule has 0 radical (unpaired) electrons. The molecule has 1 N–H and O–H groups in total. The summed E-state index contributed by atoms with van der Waals surface area (Å²) in [6, 6.07) is 0. The Morgan fingerprint density at radius 2 is 2.25 bits per heavy atom. The first-order chi connectivity index (χ1) is 7.69. The van der Waals surface area contributed by atoms with Crippen LogP contribution in [0.1, 0.15) is 25.7 Å². The van der Waals surface area contributed by atoms with Crippen molar-refractivity contribution in [3.05, 3.63) is 12.7 Å². The van der Waals surface area contributed by atoms with Gasteiger partial charge in [0.15, 0.2) is 5.79 Å². The number of hydrogen-bond acceptors (Lipinski definition) is 3. The summed E-state index contributed by atoms with van der Waals surface area (Å²) in [4.78, 5) is 11.2. The fraction of sp³-hybridized carbons (Fsp3) is 0.750. The summed E-state index contributed by atoms with van der Waals surface area (Å²) in [7, 11) is 0. The number of ether oxygens (including phenoxy) is 2. The lowest BCUT2D eigenvalue weighted by Crippen LogP contribution is -2.39. The molecule has 0 bridgehead atoms. The van der Waals surface area contributed by atoms with E-state index >= 15 is 0 Å². The topological polar surface area (TPSA) is 59.1 Å². The largest absolute Gasteiger partial charge is 0.481 e. The standard InChI is InChI=1S/C12H18O4/c1-2-7-15-12(8-16-12)10-6-4-3-5-9(10)11(13)14/h2,9-10H,1,3-8H2,(H,13,14)/t9-,10?,12?/m1/s1. The second-order valence-corrected chi connectivity index (χ2v) is 4.54. The van der Waals surface area contributed by atoms with E-state index < -0.39 is 11.8 Å². The zero-order chi connectivity index (χ0) is 11.6. The van der Waals surface area contributed by atoms with Crippen molar-refractivity contribution in [3.63, 3.8) is 0 Å². The predicted octanol–water partition coefficient (Wildman–Crippen LogP) is 1.81. The van der Waals surface area contributed by atoms with Crippen LogP contribution in [0.2, 0.25) is 0 Å². The number of epoxide rings is 1. The van der Waals surface area contributed by atoms with Gasteiger partial charge >= 0.3 is 5.97 Å². The second kappa shape index (κ2) is 4.55. The summed E-state index contributed by atoms with van der Waals surface area (Å²) in [5.74, 6) is -1.67. The minimum atomic E-state index is -0.721. The molecule has 2 aliphatic rings. The molecule has 1 saturated carbocycles. The molecule has 90 valence electrons. The number of aliphatic carboxylic acids is 1. The summed E-state index contributed by atoms with van der Waals surface area (Å²) >= 11 is 0. The van der Waals surface area contributed by atoms with Crippen LogP contribution in [0.25, 0.3) is 0 Å². The Morgan fingerprint density at radius 3 is 2.81 bits per heavy atom. The van der Waals surface area contributed by atoms with Gasteiger partial charge in [0.25, 0.3) is 0 Å². The Hall–Kier alpha value is -0.870. The van der Waals surface area contributed by atoms with Gasteiger partial charge in [-0.2, -0.15) is 0 Å². The van der Waals surface area contributed by atoms with Crippen LogP contribution in [-0.4, -0.2) is 30.1 Å². The Labute approximate surface area is 95.2 Å². The van der Waals surface area contributed by atoms with Crippen molar-refractivity contribution in [2.24, 2.45) is 11.8 Å². The lowest BCUT2D eigenvalue weighted by molar-refractivity contribution is -0.155. The Kier molecular flexibility index (Phi) is 3.30. The van der Waals surface area contributed by atoms with Crippen LogP contribution in [0.5, 0.6) is 0 Å². The van der Waals surface area contributed by atoms with Crippen LogP contribution in [0, 0.1) is 11.8 Å². The number of carbonyl (C=O) groups is 1. The highest BCUT2D eigenvalue weighted by Gasteiger charge is 2.57. The summed E-state index contributed by atoms with van der Waals surface area (Å²) in [5.41, 5.74) is 0. The van der Waals surface area contributed by atoms with Gasteiger partial charge < -0.3 is 14.6 Å². The maximum atomic E-state index is 11.2. The van der Waals surface area contributed by atoms with E-state index in [4.69, 9.17) is 9.47 Å². The third-order valence-corrected chi connectivity index (χ3v) is 3.52. The van der Waals surface area contributed by atoms with Gasteiger partial charge in [0.2, 0.25) is 0 Å². The van der Waals surface area contributed by atoms with Crippen LogP contribution >= 0.6 is 0 Å². The first-order valence-electron chi connectivity index (χ1n) is 5.81. The minimum absolute atomic E-state index is 0.00120. The molecule has 0 amide bonds. The third-order valence-electron chi connectivity index (χ3n) is 3.52. The fourth-order valence-corrected chi connectivity index (χ4v) is 2.63. The van der Waals surface area contributed by atoms with Crippen molar-refractivity contribution in [1.82, 2.24) is 0 Å². The van der Waals surface area contributed by atoms with E-state index in [9.17, 15) is 9.90 Å². The van der Waals surface area contributed by atoms with E-state index in [-0.39, 0.29) is 11.8 Å². The molecule has 4 nitrogen and oxygen atoms in total. The monoisotopic (exact) mass is 226 g/mol. The molecular weight excluding hydrogens is 208 g/mol. The van der Waals surface area contributed by atoms with Gasteiger partial charge in [0, 0.05) is 5.92 Å². The molecule has 0 spiro atoms. The van der Waals surface area contributed by atoms with Crippen molar-refractivity contribution in [1.29, 1.82) is 0 Å². The first kappa shape index (κ1) is 11.6. The zero-order valence-corrected chi connectivity index (χ0v) is 9.35. The Morgan fingerprint density at radius 1 is 1.56 bits per heavy atom. The SMILES string of the molecule is C=CCOC1(C2CCCC[C@H]2C(=O)O)CO1. The molecule has 1 aliphatic carbocycles. The molecular formula is C12H18O4. The fourth-order valence-electron chi connectivity index (χ4n) is 2.63. The van der Waals surface area contributed by atoms with Crippen molar-refractivity contribution in [2.45, 2.75) is 31.5 Å². The quantitative estimate of drug-likeness (QED) is 0.573. The molecule has 2 unspecified atom stereocenters. The first-order valence-corrected chi connectivity index (χ1v) is 5.81. The smallest absolute Gasteiger partial charge is 0.306 e. The maximum Gasteiger partial charge on any atom is 0.306 e. The van der Waals surface area contributed by atoms with E-state index in [0.717, 1.165) is 25.7 Å². The molecule has 0 aromatic carbocycles. The second-order valence-electron chi connectivity index (χ2n) is 4.54. The van der Waals surface area contributed by atoms with E-state index in [1.165, 1.54) is 0 Å². The number of rotatable bonds is 5. The summed E-state index contributed by atoms with van der Waals surface area (Å²) in [6.45, 7) is 4.54. The lowest BCUT2D eigenvalue weighted by atomic mass is 9.76. The van der Waals surface area contributed by atoms with Gasteiger partial charge in [-0.15, -0.1) is 6.58 Å². The molecule has 1 saturated heterocycles. The van der Waals surface area contributed by atoms with Crippen LogP contribution in [0.15, 0.2) is 12.7 Å². The highest BCUT2D eigenvalue weighted by atomic mass is 16.8. The van der Waals surface area contributed by atoms with Crippen molar-refractivity contribution in [2.75, 3.05) is 13.2 Å². The highest BCUT2D eigenvalue weighted by Crippen LogP contribution is 2.47. The van der Waals surface area contributed by atoms with Crippen LogP contribution in [0.4, 0.5) is 0 Å². The van der Waals surface area contributed by atoms with Crippen molar-refractivity contribution in [3.8, 4) is 0 Å². The third kappa shape index (κ3) is 2.13. The van der Waals surface area contributed by atoms with Crippen molar-refractivity contribution < 1.29 is 19.4 Å². The zero-order valence-electron chi connectivity index (χ0n) is 9.35. The highest BCUT2D eigenvalue weighted by molar-refractivity contribution is 5.70. The molecule has 1 heterocycles. The Bertz CT molecular complexity index is 283. The summed E-state index contributed by atoms with van der Waals surface area (Å²) in [6.07, 6.45) is 5.35. The molecule has 2 fully saturated rings. The number of carboxylic acids is 1. The number of hydrogen-bond donors (Lipinski definition) is 1. The minimum Gasteiger partial charge on any atom is -0.481 e. The van der Waals surface area contributed by atoms with Gasteiger partial charge in [0.1, 0.15) is 6.61 Å². The van der Waals surface area contributed by atoms with Gasteiger partial charge in [0.05, 0.1) is 12.5 Å². The van der Waals surface area contributed by atoms with Gasteiger partial charge in [-0.3, -0.25) is 4.79 Å². The summed E-state index contributed by atoms with van der Waals surface area (Å²) < 4.78 is 11.0. The molecule has 0 aromatic rings. The normalized spacial score (nSPS) is 38.0. The lowest BCUT2D eigenvalue weighted by Gasteiger charge is -2.32. The molecule has 3 atom stereocenters. The van der Waals surface area contributed by atoms with Gasteiger partial charge in [-0.05, 0) is 12.8 Å². The molecule has 2 rings (SSSR count).